The Balaban J connectivity index is 2.26. The molecule has 4 N–H and O–H groups in total. The van der Waals surface area contributed by atoms with Gasteiger partial charge in [0.15, 0.2) is 5.69 Å². The predicted molar refractivity (Wildman–Crippen MR) is 79.1 cm³/mol. The number of nitrogen functional groups attached to an aromatic ring is 1. The summed E-state index contributed by atoms with van der Waals surface area (Å²) >= 11 is 3.24. The second-order valence-corrected chi connectivity index (χ2v) is 5.49. The molecule has 1 amide bonds. The second-order valence-electron chi connectivity index (χ2n) is 4.63. The molecule has 0 atom stereocenters. The molecule has 0 aliphatic rings. The molecular formula is C13H14BrFN4O. The van der Waals surface area contributed by atoms with Gasteiger partial charge in [0.1, 0.15) is 5.82 Å². The first kappa shape index (κ1) is 14.5. The molecule has 106 valence electrons. The summed E-state index contributed by atoms with van der Waals surface area (Å²) in [5.74, 6) is -0.803. The highest BCUT2D eigenvalue weighted by Crippen LogP contribution is 2.26. The van der Waals surface area contributed by atoms with Crippen molar-refractivity contribution in [2.45, 2.75) is 19.8 Å². The summed E-state index contributed by atoms with van der Waals surface area (Å²) in [5.41, 5.74) is 7.32. The highest BCUT2D eigenvalue weighted by atomic mass is 79.9. The van der Waals surface area contributed by atoms with Gasteiger partial charge in [0, 0.05) is 4.47 Å². The largest absolute Gasteiger partial charge is 0.395 e. The minimum Gasteiger partial charge on any atom is -0.395 e. The third-order valence-electron chi connectivity index (χ3n) is 2.80. The SMILES string of the molecule is CC(C)c1[nH]nc(C(=O)Nc2cc(F)ccc2Br)c1N. The van der Waals surface area contributed by atoms with E-state index in [0.717, 1.165) is 0 Å². The molecule has 0 saturated carbocycles. The molecule has 1 aromatic carbocycles. The van der Waals surface area contributed by atoms with Crippen LogP contribution in [0.15, 0.2) is 22.7 Å². The van der Waals surface area contributed by atoms with Gasteiger partial charge in [-0.3, -0.25) is 9.89 Å². The van der Waals surface area contributed by atoms with Gasteiger partial charge >= 0.3 is 0 Å². The quantitative estimate of drug-likeness (QED) is 0.801. The smallest absolute Gasteiger partial charge is 0.278 e. The van der Waals surface area contributed by atoms with Crippen LogP contribution in [0.5, 0.6) is 0 Å². The van der Waals surface area contributed by atoms with Crippen LogP contribution in [0.2, 0.25) is 0 Å². The highest BCUT2D eigenvalue weighted by molar-refractivity contribution is 9.10. The van der Waals surface area contributed by atoms with Gasteiger partial charge in [-0.05, 0) is 40.0 Å². The Morgan fingerprint density at radius 1 is 1.50 bits per heavy atom. The van der Waals surface area contributed by atoms with Crippen molar-refractivity contribution in [3.8, 4) is 0 Å². The molecular weight excluding hydrogens is 327 g/mol. The lowest BCUT2D eigenvalue weighted by molar-refractivity contribution is 0.102. The van der Waals surface area contributed by atoms with Crippen LogP contribution in [0.3, 0.4) is 0 Å². The maximum absolute atomic E-state index is 13.2. The number of benzene rings is 1. The fourth-order valence-electron chi connectivity index (χ4n) is 1.75. The number of hydrogen-bond acceptors (Lipinski definition) is 3. The van der Waals surface area contributed by atoms with E-state index in [1.54, 1.807) is 0 Å². The van der Waals surface area contributed by atoms with Crippen LogP contribution in [0, 0.1) is 5.82 Å². The van der Waals surface area contributed by atoms with Crippen molar-refractivity contribution in [3.63, 3.8) is 0 Å². The van der Waals surface area contributed by atoms with Crippen molar-refractivity contribution >= 4 is 33.2 Å². The molecule has 2 aromatic rings. The number of carbonyl (C=O) groups is 1. The van der Waals surface area contributed by atoms with Crippen molar-refractivity contribution in [1.29, 1.82) is 0 Å². The van der Waals surface area contributed by atoms with E-state index in [1.165, 1.54) is 18.2 Å². The lowest BCUT2D eigenvalue weighted by atomic mass is 10.1. The maximum Gasteiger partial charge on any atom is 0.278 e. The van der Waals surface area contributed by atoms with Crippen LogP contribution in [-0.2, 0) is 0 Å². The fourth-order valence-corrected chi connectivity index (χ4v) is 2.10. The first-order valence-corrected chi connectivity index (χ1v) is 6.79. The molecule has 7 heteroatoms. The van der Waals surface area contributed by atoms with Gasteiger partial charge < -0.3 is 11.1 Å². The molecule has 0 spiro atoms. The van der Waals surface area contributed by atoms with Crippen molar-refractivity contribution in [2.75, 3.05) is 11.1 Å². The van der Waals surface area contributed by atoms with Gasteiger partial charge in [-0.25, -0.2) is 4.39 Å². The summed E-state index contributed by atoms with van der Waals surface area (Å²) in [5, 5.41) is 9.23. The zero-order valence-electron chi connectivity index (χ0n) is 11.0. The summed E-state index contributed by atoms with van der Waals surface area (Å²) in [4.78, 5) is 12.1. The number of anilines is 2. The molecule has 0 saturated heterocycles. The van der Waals surface area contributed by atoms with E-state index in [4.69, 9.17) is 5.73 Å². The number of carbonyl (C=O) groups excluding carboxylic acids is 1. The van der Waals surface area contributed by atoms with Crippen LogP contribution in [0.1, 0.15) is 35.9 Å². The van der Waals surface area contributed by atoms with Crippen molar-refractivity contribution in [3.05, 3.63) is 39.9 Å². The molecule has 0 aliphatic carbocycles. The van der Waals surface area contributed by atoms with Gasteiger partial charge in [-0.15, -0.1) is 0 Å². The van der Waals surface area contributed by atoms with Gasteiger partial charge in [-0.2, -0.15) is 5.10 Å². The Labute approximate surface area is 123 Å². The summed E-state index contributed by atoms with van der Waals surface area (Å²) in [6.45, 7) is 3.88. The zero-order valence-corrected chi connectivity index (χ0v) is 12.6. The molecule has 5 nitrogen and oxygen atoms in total. The Hall–Kier alpha value is -1.89. The number of nitrogens with two attached hydrogens (primary N) is 1. The van der Waals surface area contributed by atoms with Crippen molar-refractivity contribution in [1.82, 2.24) is 10.2 Å². The summed E-state index contributed by atoms with van der Waals surface area (Å²) in [7, 11) is 0. The Morgan fingerprint density at radius 3 is 2.80 bits per heavy atom. The number of aromatic amines is 1. The van der Waals surface area contributed by atoms with Crippen molar-refractivity contribution < 1.29 is 9.18 Å². The Kier molecular flexibility index (Phi) is 4.08. The normalized spacial score (nSPS) is 10.8. The lowest BCUT2D eigenvalue weighted by Crippen LogP contribution is -2.15. The molecule has 20 heavy (non-hydrogen) atoms. The van der Waals surface area contributed by atoms with E-state index in [0.29, 0.717) is 21.5 Å². The van der Waals surface area contributed by atoms with Crippen LogP contribution < -0.4 is 11.1 Å². The molecule has 0 fully saturated rings. The van der Waals surface area contributed by atoms with E-state index in [1.807, 2.05) is 13.8 Å². The summed E-state index contributed by atoms with van der Waals surface area (Å²) < 4.78 is 13.7. The Bertz CT molecular complexity index is 654. The Morgan fingerprint density at radius 2 is 2.20 bits per heavy atom. The number of nitrogens with one attached hydrogen (secondary N) is 2. The monoisotopic (exact) mass is 340 g/mol. The molecule has 0 radical (unpaired) electrons. The van der Waals surface area contributed by atoms with Gasteiger partial charge in [0.2, 0.25) is 0 Å². The molecule has 0 bridgehead atoms. The van der Waals surface area contributed by atoms with E-state index in [-0.39, 0.29) is 11.6 Å². The first-order chi connectivity index (χ1) is 9.40. The molecule has 0 aliphatic heterocycles. The van der Waals surface area contributed by atoms with Gasteiger partial charge in [-0.1, -0.05) is 13.8 Å². The van der Waals surface area contributed by atoms with E-state index >= 15 is 0 Å². The molecule has 2 rings (SSSR count). The zero-order chi connectivity index (χ0) is 14.9. The van der Waals surface area contributed by atoms with Crippen molar-refractivity contribution in [2.24, 2.45) is 0 Å². The number of H-pyrrole nitrogens is 1. The average molecular weight is 341 g/mol. The third kappa shape index (κ3) is 2.82. The van der Waals surface area contributed by atoms with Gasteiger partial charge in [0.25, 0.3) is 5.91 Å². The highest BCUT2D eigenvalue weighted by Gasteiger charge is 2.19. The number of rotatable bonds is 3. The topological polar surface area (TPSA) is 83.8 Å². The second kappa shape index (κ2) is 5.62. The fraction of sp³-hybridized carbons (Fsp3) is 0.231. The molecule has 0 unspecified atom stereocenters. The minimum atomic E-state index is -0.489. The molecule has 1 heterocycles. The van der Waals surface area contributed by atoms with E-state index in [9.17, 15) is 9.18 Å². The van der Waals surface area contributed by atoms with Gasteiger partial charge in [0.05, 0.1) is 17.1 Å². The third-order valence-corrected chi connectivity index (χ3v) is 3.49. The lowest BCUT2D eigenvalue weighted by Gasteiger charge is -2.07. The van der Waals surface area contributed by atoms with Crippen LogP contribution in [0.25, 0.3) is 0 Å². The van der Waals surface area contributed by atoms with Crippen LogP contribution in [0.4, 0.5) is 15.8 Å². The number of nitrogens with zero attached hydrogens (tertiary/aromatic N) is 1. The number of aromatic nitrogens is 2. The minimum absolute atomic E-state index is 0.102. The van der Waals surface area contributed by atoms with E-state index in [2.05, 4.69) is 31.4 Å². The first-order valence-electron chi connectivity index (χ1n) is 6.00. The summed E-state index contributed by atoms with van der Waals surface area (Å²) in [6.07, 6.45) is 0. The number of halogens is 2. The summed E-state index contributed by atoms with van der Waals surface area (Å²) in [6, 6.07) is 4.02. The predicted octanol–water partition coefficient (Wildman–Crippen LogP) is 3.27. The maximum atomic E-state index is 13.2. The van der Waals surface area contributed by atoms with E-state index < -0.39 is 11.7 Å². The van der Waals surface area contributed by atoms with Crippen LogP contribution in [-0.4, -0.2) is 16.1 Å². The average Bonchev–Trinajstić information content (AvgIpc) is 2.76. The molecule has 1 aromatic heterocycles. The number of amides is 1. The standard InChI is InChI=1S/C13H14BrFN4O/c1-6(2)11-10(16)12(19-18-11)13(20)17-9-5-7(15)3-4-8(9)14/h3-6H,16H2,1-2H3,(H,17,20)(H,18,19). The van der Waals surface area contributed by atoms with Crippen LogP contribution >= 0.6 is 15.9 Å². The number of hydrogen-bond donors (Lipinski definition) is 3.